The van der Waals surface area contributed by atoms with Crippen molar-refractivity contribution in [2.24, 2.45) is 0 Å². The molecule has 0 saturated heterocycles. The van der Waals surface area contributed by atoms with Gasteiger partial charge in [-0.25, -0.2) is 0 Å². The summed E-state index contributed by atoms with van der Waals surface area (Å²) in [5.41, 5.74) is 1.13. The van der Waals surface area contributed by atoms with Gasteiger partial charge in [-0.3, -0.25) is 4.57 Å². The number of aromatic nitrogens is 3. The summed E-state index contributed by atoms with van der Waals surface area (Å²) in [6.45, 7) is 4.15. The van der Waals surface area contributed by atoms with Gasteiger partial charge in [0.1, 0.15) is 5.82 Å². The maximum atomic E-state index is 4.21. The number of para-hydroxylation sites is 1. The Hall–Kier alpha value is -1.29. The van der Waals surface area contributed by atoms with Crippen LogP contribution < -0.4 is 0 Å². The van der Waals surface area contributed by atoms with E-state index in [1.165, 1.54) is 0 Å². The van der Waals surface area contributed by atoms with Gasteiger partial charge in [0.2, 0.25) is 0 Å². The third-order valence-electron chi connectivity index (χ3n) is 2.24. The van der Waals surface area contributed by atoms with Gasteiger partial charge in [-0.1, -0.05) is 36.9 Å². The topological polar surface area (TPSA) is 30.7 Å². The van der Waals surface area contributed by atoms with E-state index in [1.54, 1.807) is 11.8 Å². The SMILES string of the molecule is CCCSc1nnc(C)n1-c1ccccc1. The summed E-state index contributed by atoms with van der Waals surface area (Å²) in [7, 11) is 0. The number of hydrogen-bond acceptors (Lipinski definition) is 3. The van der Waals surface area contributed by atoms with E-state index in [1.807, 2.05) is 25.1 Å². The summed E-state index contributed by atoms with van der Waals surface area (Å²) < 4.78 is 2.10. The molecule has 84 valence electrons. The first-order chi connectivity index (χ1) is 7.83. The number of nitrogens with zero attached hydrogens (tertiary/aromatic N) is 3. The van der Waals surface area contributed by atoms with Crippen molar-refractivity contribution in [1.82, 2.24) is 14.8 Å². The number of rotatable bonds is 4. The first kappa shape index (κ1) is 11.2. The van der Waals surface area contributed by atoms with Crippen LogP contribution in [0.5, 0.6) is 0 Å². The molecular weight excluding hydrogens is 218 g/mol. The molecule has 2 aromatic rings. The zero-order chi connectivity index (χ0) is 11.4. The van der Waals surface area contributed by atoms with Gasteiger partial charge in [-0.2, -0.15) is 0 Å². The average molecular weight is 233 g/mol. The van der Waals surface area contributed by atoms with Crippen molar-refractivity contribution >= 4 is 11.8 Å². The summed E-state index contributed by atoms with van der Waals surface area (Å²) in [6.07, 6.45) is 1.14. The molecule has 1 heterocycles. The molecule has 3 nitrogen and oxygen atoms in total. The Bertz CT molecular complexity index is 451. The molecule has 0 spiro atoms. The highest BCUT2D eigenvalue weighted by Gasteiger charge is 2.09. The maximum absolute atomic E-state index is 4.21. The molecule has 0 atom stereocenters. The number of hydrogen-bond donors (Lipinski definition) is 0. The summed E-state index contributed by atoms with van der Waals surface area (Å²) in [5, 5.41) is 9.32. The fourth-order valence-electron chi connectivity index (χ4n) is 1.50. The molecule has 16 heavy (non-hydrogen) atoms. The molecular formula is C12H15N3S. The van der Waals surface area contributed by atoms with Crippen LogP contribution in [0.15, 0.2) is 35.5 Å². The highest BCUT2D eigenvalue weighted by atomic mass is 32.2. The van der Waals surface area contributed by atoms with Gasteiger partial charge in [0.15, 0.2) is 5.16 Å². The normalized spacial score (nSPS) is 10.6. The first-order valence-corrected chi connectivity index (χ1v) is 6.41. The monoisotopic (exact) mass is 233 g/mol. The van der Waals surface area contributed by atoms with E-state index in [9.17, 15) is 0 Å². The van der Waals surface area contributed by atoms with Gasteiger partial charge < -0.3 is 0 Å². The molecule has 0 saturated carbocycles. The van der Waals surface area contributed by atoms with Gasteiger partial charge in [0.25, 0.3) is 0 Å². The summed E-state index contributed by atoms with van der Waals surface area (Å²) in [5.74, 6) is 2.01. The molecule has 0 bridgehead atoms. The van der Waals surface area contributed by atoms with Crippen LogP contribution in [0.3, 0.4) is 0 Å². The van der Waals surface area contributed by atoms with E-state index < -0.39 is 0 Å². The largest absolute Gasteiger partial charge is 0.274 e. The Morgan fingerprint density at radius 3 is 2.62 bits per heavy atom. The molecule has 0 unspecified atom stereocenters. The van der Waals surface area contributed by atoms with Gasteiger partial charge in [-0.05, 0) is 25.5 Å². The predicted molar refractivity (Wildman–Crippen MR) is 67.1 cm³/mol. The molecule has 0 fully saturated rings. The van der Waals surface area contributed by atoms with Crippen molar-refractivity contribution in [3.8, 4) is 5.69 Å². The van der Waals surface area contributed by atoms with E-state index >= 15 is 0 Å². The van der Waals surface area contributed by atoms with Crippen molar-refractivity contribution in [1.29, 1.82) is 0 Å². The van der Waals surface area contributed by atoms with Crippen molar-refractivity contribution in [2.45, 2.75) is 25.4 Å². The lowest BCUT2D eigenvalue weighted by Crippen LogP contribution is -1.98. The van der Waals surface area contributed by atoms with Crippen LogP contribution in [0.2, 0.25) is 0 Å². The summed E-state index contributed by atoms with van der Waals surface area (Å²) in [6, 6.07) is 10.2. The van der Waals surface area contributed by atoms with Crippen LogP contribution in [0.4, 0.5) is 0 Å². The smallest absolute Gasteiger partial charge is 0.195 e. The molecule has 4 heteroatoms. The van der Waals surface area contributed by atoms with Gasteiger partial charge in [-0.15, -0.1) is 10.2 Å². The molecule has 1 aromatic carbocycles. The van der Waals surface area contributed by atoms with Crippen molar-refractivity contribution in [3.05, 3.63) is 36.2 Å². The standard InChI is InChI=1S/C12H15N3S/c1-3-9-16-12-14-13-10(2)15(12)11-7-5-4-6-8-11/h4-8H,3,9H2,1-2H3. The third-order valence-corrected chi connectivity index (χ3v) is 3.38. The van der Waals surface area contributed by atoms with Crippen LogP contribution in [-0.2, 0) is 0 Å². The summed E-state index contributed by atoms with van der Waals surface area (Å²) in [4.78, 5) is 0. The molecule has 0 aliphatic rings. The van der Waals surface area contributed by atoms with E-state index in [0.29, 0.717) is 0 Å². The fourth-order valence-corrected chi connectivity index (χ4v) is 2.36. The molecule has 0 amide bonds. The molecule has 0 aliphatic heterocycles. The molecule has 0 aliphatic carbocycles. The van der Waals surface area contributed by atoms with Crippen molar-refractivity contribution in [2.75, 3.05) is 5.75 Å². The van der Waals surface area contributed by atoms with Crippen LogP contribution >= 0.6 is 11.8 Å². The second kappa shape index (κ2) is 5.16. The molecule has 1 aromatic heterocycles. The second-order valence-corrected chi connectivity index (χ2v) is 4.61. The van der Waals surface area contributed by atoms with Crippen LogP contribution in [-0.4, -0.2) is 20.5 Å². The highest BCUT2D eigenvalue weighted by molar-refractivity contribution is 7.99. The number of aryl methyl sites for hydroxylation is 1. The second-order valence-electron chi connectivity index (χ2n) is 3.55. The fraction of sp³-hybridized carbons (Fsp3) is 0.333. The number of thioether (sulfide) groups is 1. The lowest BCUT2D eigenvalue weighted by atomic mass is 10.3. The lowest BCUT2D eigenvalue weighted by molar-refractivity contribution is 0.866. The molecule has 2 rings (SSSR count). The Morgan fingerprint density at radius 1 is 1.19 bits per heavy atom. The lowest BCUT2D eigenvalue weighted by Gasteiger charge is -2.07. The Kier molecular flexibility index (Phi) is 3.62. The van der Waals surface area contributed by atoms with E-state index in [-0.39, 0.29) is 0 Å². The highest BCUT2D eigenvalue weighted by Crippen LogP contribution is 2.21. The predicted octanol–water partition coefficient (Wildman–Crippen LogP) is 3.08. The Balaban J connectivity index is 2.35. The Labute approximate surface area is 99.9 Å². The van der Waals surface area contributed by atoms with Gasteiger partial charge in [0, 0.05) is 11.4 Å². The minimum atomic E-state index is 0.935. The maximum Gasteiger partial charge on any atom is 0.195 e. The molecule has 0 N–H and O–H groups in total. The minimum absolute atomic E-state index is 0.935. The average Bonchev–Trinajstić information content (AvgIpc) is 2.69. The first-order valence-electron chi connectivity index (χ1n) is 5.43. The van der Waals surface area contributed by atoms with Crippen LogP contribution in [0.25, 0.3) is 5.69 Å². The van der Waals surface area contributed by atoms with Crippen LogP contribution in [0.1, 0.15) is 19.2 Å². The van der Waals surface area contributed by atoms with E-state index in [2.05, 4.69) is 33.8 Å². The third kappa shape index (κ3) is 2.27. The van der Waals surface area contributed by atoms with Crippen molar-refractivity contribution in [3.63, 3.8) is 0 Å². The number of benzene rings is 1. The summed E-state index contributed by atoms with van der Waals surface area (Å²) >= 11 is 1.75. The molecule has 0 radical (unpaired) electrons. The van der Waals surface area contributed by atoms with Gasteiger partial charge >= 0.3 is 0 Å². The van der Waals surface area contributed by atoms with E-state index in [0.717, 1.165) is 28.8 Å². The Morgan fingerprint density at radius 2 is 1.94 bits per heavy atom. The van der Waals surface area contributed by atoms with Crippen LogP contribution in [0, 0.1) is 6.92 Å². The van der Waals surface area contributed by atoms with Crippen molar-refractivity contribution < 1.29 is 0 Å². The van der Waals surface area contributed by atoms with Gasteiger partial charge in [0.05, 0.1) is 0 Å². The minimum Gasteiger partial charge on any atom is -0.274 e. The van der Waals surface area contributed by atoms with E-state index in [4.69, 9.17) is 0 Å². The zero-order valence-corrected chi connectivity index (χ0v) is 10.4. The zero-order valence-electron chi connectivity index (χ0n) is 9.55. The quantitative estimate of drug-likeness (QED) is 0.760.